The number of halogens is 5. The molecular weight excluding hydrogens is 328 g/mol. The van der Waals surface area contributed by atoms with Crippen molar-refractivity contribution in [1.29, 1.82) is 0 Å². The van der Waals surface area contributed by atoms with E-state index in [4.69, 9.17) is 0 Å². The predicted octanol–water partition coefficient (Wildman–Crippen LogP) is 4.24. The van der Waals surface area contributed by atoms with Gasteiger partial charge in [-0.15, -0.1) is 0 Å². The van der Waals surface area contributed by atoms with Gasteiger partial charge in [0.15, 0.2) is 5.78 Å². The maximum Gasteiger partial charge on any atom is 0.199 e. The second kappa shape index (κ2) is 5.13. The maximum atomic E-state index is 13.4. The third kappa shape index (κ3) is 2.84. The second-order valence-corrected chi connectivity index (χ2v) is 4.65. The van der Waals surface area contributed by atoms with Crippen molar-refractivity contribution >= 4 is 21.7 Å². The van der Waals surface area contributed by atoms with Gasteiger partial charge in [0.05, 0.1) is 5.56 Å². The van der Waals surface area contributed by atoms with Crippen LogP contribution in [0.1, 0.15) is 15.9 Å². The molecular formula is C13H5BrF4O. The summed E-state index contributed by atoms with van der Waals surface area (Å²) in [5.41, 5.74) is -1.16. The first-order valence-electron chi connectivity index (χ1n) is 5.04. The van der Waals surface area contributed by atoms with E-state index in [2.05, 4.69) is 15.9 Å². The SMILES string of the molecule is O=C(c1cc(F)cc(Br)c1)c1c(F)cc(F)cc1F. The largest absolute Gasteiger partial charge is 0.288 e. The number of ketones is 1. The van der Waals surface area contributed by atoms with E-state index >= 15 is 0 Å². The molecule has 0 aliphatic heterocycles. The lowest BCUT2D eigenvalue weighted by molar-refractivity contribution is 0.103. The van der Waals surface area contributed by atoms with Crippen LogP contribution in [0.5, 0.6) is 0 Å². The molecule has 2 rings (SSSR count). The average Bonchev–Trinajstić information content (AvgIpc) is 2.25. The number of hydrogen-bond acceptors (Lipinski definition) is 1. The van der Waals surface area contributed by atoms with Crippen molar-refractivity contribution in [3.63, 3.8) is 0 Å². The molecule has 0 fully saturated rings. The van der Waals surface area contributed by atoms with Crippen molar-refractivity contribution < 1.29 is 22.4 Å². The van der Waals surface area contributed by atoms with E-state index in [0.717, 1.165) is 12.1 Å². The van der Waals surface area contributed by atoms with Crippen molar-refractivity contribution in [2.24, 2.45) is 0 Å². The Morgan fingerprint density at radius 2 is 1.37 bits per heavy atom. The van der Waals surface area contributed by atoms with Gasteiger partial charge in [0.1, 0.15) is 23.3 Å². The van der Waals surface area contributed by atoms with Gasteiger partial charge in [0, 0.05) is 22.2 Å². The van der Waals surface area contributed by atoms with Crippen LogP contribution in [-0.2, 0) is 0 Å². The highest BCUT2D eigenvalue weighted by atomic mass is 79.9. The molecule has 1 nitrogen and oxygen atoms in total. The van der Waals surface area contributed by atoms with Gasteiger partial charge in [-0.05, 0) is 18.2 Å². The maximum absolute atomic E-state index is 13.4. The summed E-state index contributed by atoms with van der Waals surface area (Å²) in [6.45, 7) is 0. The van der Waals surface area contributed by atoms with Crippen molar-refractivity contribution in [2.75, 3.05) is 0 Å². The Hall–Kier alpha value is -1.69. The minimum absolute atomic E-state index is 0.240. The number of hydrogen-bond donors (Lipinski definition) is 0. The molecule has 98 valence electrons. The molecule has 0 aliphatic carbocycles. The van der Waals surface area contributed by atoms with Crippen LogP contribution in [0.15, 0.2) is 34.8 Å². The minimum atomic E-state index is -1.33. The van der Waals surface area contributed by atoms with Gasteiger partial charge in [-0.1, -0.05) is 15.9 Å². The van der Waals surface area contributed by atoms with E-state index in [-0.39, 0.29) is 10.0 Å². The van der Waals surface area contributed by atoms with Gasteiger partial charge in [-0.3, -0.25) is 4.79 Å². The Kier molecular flexibility index (Phi) is 3.71. The third-order valence-electron chi connectivity index (χ3n) is 2.36. The Morgan fingerprint density at radius 3 is 1.89 bits per heavy atom. The molecule has 0 amide bonds. The van der Waals surface area contributed by atoms with Crippen LogP contribution in [-0.4, -0.2) is 5.78 Å². The molecule has 0 heterocycles. The number of rotatable bonds is 2. The highest BCUT2D eigenvalue weighted by Gasteiger charge is 2.21. The third-order valence-corrected chi connectivity index (χ3v) is 2.82. The van der Waals surface area contributed by atoms with E-state index in [1.54, 1.807) is 0 Å². The van der Waals surface area contributed by atoms with E-state index in [1.807, 2.05) is 0 Å². The lowest BCUT2D eigenvalue weighted by Gasteiger charge is -2.05. The molecule has 0 saturated carbocycles. The summed E-state index contributed by atoms with van der Waals surface area (Å²) in [7, 11) is 0. The molecule has 0 aromatic heterocycles. The smallest absolute Gasteiger partial charge is 0.199 e. The molecule has 2 aromatic carbocycles. The van der Waals surface area contributed by atoms with Crippen LogP contribution < -0.4 is 0 Å². The van der Waals surface area contributed by atoms with Gasteiger partial charge in [0.2, 0.25) is 0 Å². The summed E-state index contributed by atoms with van der Waals surface area (Å²) in [5.74, 6) is -5.59. The molecule has 2 aromatic rings. The standard InChI is InChI=1S/C13H5BrF4O/c14-7-1-6(2-8(15)3-7)13(19)12-10(17)4-9(16)5-11(12)18/h1-5H. The highest BCUT2D eigenvalue weighted by molar-refractivity contribution is 9.10. The molecule has 0 aliphatic rings. The van der Waals surface area contributed by atoms with Gasteiger partial charge in [-0.25, -0.2) is 17.6 Å². The Labute approximate surface area is 114 Å². The molecule has 0 bridgehead atoms. The van der Waals surface area contributed by atoms with Gasteiger partial charge in [0.25, 0.3) is 0 Å². The van der Waals surface area contributed by atoms with Crippen LogP contribution >= 0.6 is 15.9 Å². The zero-order chi connectivity index (χ0) is 14.2. The van der Waals surface area contributed by atoms with Gasteiger partial charge in [-0.2, -0.15) is 0 Å². The Morgan fingerprint density at radius 1 is 0.842 bits per heavy atom. The molecule has 0 unspecified atom stereocenters. The Bertz CT molecular complexity index is 626. The summed E-state index contributed by atoms with van der Waals surface area (Å²) in [6, 6.07) is 3.94. The zero-order valence-electron chi connectivity index (χ0n) is 9.18. The molecule has 0 spiro atoms. The van der Waals surface area contributed by atoms with E-state index in [1.165, 1.54) is 6.07 Å². The fourth-order valence-electron chi connectivity index (χ4n) is 1.59. The average molecular weight is 333 g/mol. The van der Waals surface area contributed by atoms with Crippen LogP contribution in [0.25, 0.3) is 0 Å². The monoisotopic (exact) mass is 332 g/mol. The molecule has 19 heavy (non-hydrogen) atoms. The number of carbonyl (C=O) groups is 1. The van der Waals surface area contributed by atoms with Crippen LogP contribution in [0.2, 0.25) is 0 Å². The fourth-order valence-corrected chi connectivity index (χ4v) is 2.05. The van der Waals surface area contributed by atoms with Crippen molar-refractivity contribution in [1.82, 2.24) is 0 Å². The topological polar surface area (TPSA) is 17.1 Å². The molecule has 0 atom stereocenters. The summed E-state index contributed by atoms with van der Waals surface area (Å²) in [5, 5.41) is 0. The number of carbonyl (C=O) groups excluding carboxylic acids is 1. The first-order valence-corrected chi connectivity index (χ1v) is 5.83. The normalized spacial score (nSPS) is 10.6. The van der Waals surface area contributed by atoms with E-state index in [9.17, 15) is 22.4 Å². The summed E-state index contributed by atoms with van der Waals surface area (Å²) in [4.78, 5) is 11.9. The fraction of sp³-hybridized carbons (Fsp3) is 0. The predicted molar refractivity (Wildman–Crippen MR) is 63.8 cm³/mol. The second-order valence-electron chi connectivity index (χ2n) is 3.73. The lowest BCUT2D eigenvalue weighted by Crippen LogP contribution is -2.08. The van der Waals surface area contributed by atoms with Gasteiger partial charge >= 0.3 is 0 Å². The van der Waals surface area contributed by atoms with Gasteiger partial charge < -0.3 is 0 Å². The first-order chi connectivity index (χ1) is 8.88. The molecule has 0 saturated heterocycles. The van der Waals surface area contributed by atoms with E-state index < -0.39 is 34.6 Å². The zero-order valence-corrected chi connectivity index (χ0v) is 10.8. The summed E-state index contributed by atoms with van der Waals surface area (Å²) >= 11 is 2.96. The summed E-state index contributed by atoms with van der Waals surface area (Å²) in [6.07, 6.45) is 0. The molecule has 0 N–H and O–H groups in total. The molecule has 6 heteroatoms. The van der Waals surface area contributed by atoms with Crippen molar-refractivity contribution in [3.05, 3.63) is 69.2 Å². The van der Waals surface area contributed by atoms with Crippen molar-refractivity contribution in [3.8, 4) is 0 Å². The van der Waals surface area contributed by atoms with Crippen LogP contribution in [0.4, 0.5) is 17.6 Å². The minimum Gasteiger partial charge on any atom is -0.288 e. The Balaban J connectivity index is 2.56. The van der Waals surface area contributed by atoms with Crippen LogP contribution in [0.3, 0.4) is 0 Å². The highest BCUT2D eigenvalue weighted by Crippen LogP contribution is 2.22. The lowest BCUT2D eigenvalue weighted by atomic mass is 10.0. The summed E-state index contributed by atoms with van der Waals surface area (Å²) < 4.78 is 53.0. The first kappa shape index (κ1) is 13.7. The van der Waals surface area contributed by atoms with Crippen molar-refractivity contribution in [2.45, 2.75) is 0 Å². The number of benzene rings is 2. The van der Waals surface area contributed by atoms with E-state index in [0.29, 0.717) is 12.1 Å². The molecule has 0 radical (unpaired) electrons. The van der Waals surface area contributed by atoms with Crippen LogP contribution in [0, 0.1) is 23.3 Å². The quantitative estimate of drug-likeness (QED) is 0.594.